The molecule has 0 aromatic heterocycles. The van der Waals surface area contributed by atoms with Crippen molar-refractivity contribution in [3.63, 3.8) is 0 Å². The molecule has 0 spiro atoms. The Bertz CT molecular complexity index is 3900. The van der Waals surface area contributed by atoms with Crippen LogP contribution < -0.4 is 0 Å². The topological polar surface area (TPSA) is 0 Å². The summed E-state index contributed by atoms with van der Waals surface area (Å²) in [4.78, 5) is 0. The Hall–Kier alpha value is -1.04. The molecule has 46 atom stereocenters. The van der Waals surface area contributed by atoms with Gasteiger partial charge in [-0.1, -0.05) is 342 Å². The van der Waals surface area contributed by atoms with E-state index < -0.39 is 0 Å². The summed E-state index contributed by atoms with van der Waals surface area (Å²) in [6.45, 7) is 82.3. The fourth-order valence-corrected chi connectivity index (χ4v) is 45.0. The summed E-state index contributed by atoms with van der Waals surface area (Å²) < 4.78 is 0. The van der Waals surface area contributed by atoms with Crippen LogP contribution in [0.1, 0.15) is 564 Å². The molecular weight excluding hydrogens is 1750 g/mol. The van der Waals surface area contributed by atoms with Crippen LogP contribution in [0, 0.1) is 307 Å². The quantitative estimate of drug-likeness (QED) is 0.0535. The summed E-state index contributed by atoms with van der Waals surface area (Å²) in [6, 6.07) is 0. The van der Waals surface area contributed by atoms with E-state index in [1.807, 2.05) is 19.4 Å². The molecule has 17 aliphatic rings. The Morgan fingerprint density at radius 3 is 1.46 bits per heavy atom. The Morgan fingerprint density at radius 2 is 0.815 bits per heavy atom. The molecule has 17 fully saturated rings. The molecule has 838 valence electrons. The number of fused-ring (bicyclic) bond motifs is 12. The average molecular weight is 2010 g/mol. The molecule has 0 saturated heterocycles. The van der Waals surface area contributed by atoms with Crippen LogP contribution in [0.5, 0.6) is 0 Å². The first-order valence-corrected chi connectivity index (χ1v) is 68.4. The van der Waals surface area contributed by atoms with Crippen LogP contribution in [-0.2, 0) is 0 Å². The van der Waals surface area contributed by atoms with Crippen molar-refractivity contribution in [2.45, 2.75) is 564 Å². The largest absolute Gasteiger partial charge is 0.100 e. The van der Waals surface area contributed by atoms with E-state index in [9.17, 15) is 0 Å². The minimum absolute atomic E-state index is 0.358. The summed E-state index contributed by atoms with van der Waals surface area (Å²) in [5, 5.41) is 0. The van der Waals surface area contributed by atoms with Crippen molar-refractivity contribution in [3.8, 4) is 0 Å². The molecule has 146 heavy (non-hydrogen) atoms. The molecule has 0 aliphatic heterocycles. The zero-order valence-corrected chi connectivity index (χ0v) is 103. The second kappa shape index (κ2) is 53.3. The molecule has 17 rings (SSSR count). The van der Waals surface area contributed by atoms with Gasteiger partial charge in [0.2, 0.25) is 0 Å². The number of rotatable bonds is 41. The molecule has 0 nitrogen and oxygen atoms in total. The van der Waals surface area contributed by atoms with Gasteiger partial charge < -0.3 is 0 Å². The van der Waals surface area contributed by atoms with Crippen LogP contribution in [0.3, 0.4) is 0 Å². The maximum Gasteiger partial charge on any atom is -0.00592 e. The molecule has 0 N–H and O–H groups in total. The van der Waals surface area contributed by atoms with E-state index >= 15 is 0 Å². The smallest absolute Gasteiger partial charge is 0.00592 e. The third-order valence-electron chi connectivity index (χ3n) is 54.2. The molecule has 46 unspecified atom stereocenters. The number of hydrogen-bond acceptors (Lipinski definition) is 0. The third-order valence-corrected chi connectivity index (χ3v) is 54.2. The predicted octanol–water partition coefficient (Wildman–Crippen LogP) is 44.9. The Labute approximate surface area is 913 Å². The minimum atomic E-state index is 0.358. The normalized spacial score (nSPS) is 44.3. The van der Waals surface area contributed by atoms with Gasteiger partial charge >= 0.3 is 0 Å². The van der Waals surface area contributed by atoms with Gasteiger partial charge in [0.25, 0.3) is 0 Å². The highest BCUT2D eigenvalue weighted by Crippen LogP contribution is 2.71. The van der Waals surface area contributed by atoms with Gasteiger partial charge in [-0.05, 0) is 571 Å². The fourth-order valence-electron chi connectivity index (χ4n) is 45.0. The summed E-state index contributed by atoms with van der Waals surface area (Å²) in [5.41, 5.74) is 6.96. The Kier molecular flexibility index (Phi) is 42.9. The molecule has 0 aromatic rings. The third kappa shape index (κ3) is 28.7. The highest BCUT2D eigenvalue weighted by Gasteiger charge is 2.62. The molecule has 0 radical (unpaired) electrons. The summed E-state index contributed by atoms with van der Waals surface area (Å²) in [7, 11) is 0. The van der Waals surface area contributed by atoms with E-state index in [2.05, 4.69) is 159 Å². The molecule has 0 amide bonds. The van der Waals surface area contributed by atoms with Crippen LogP contribution in [0.2, 0.25) is 0 Å². The van der Waals surface area contributed by atoms with E-state index in [1.165, 1.54) is 217 Å². The van der Waals surface area contributed by atoms with E-state index in [4.69, 9.17) is 19.7 Å². The zero-order chi connectivity index (χ0) is 104. The SMILES string of the molecule is C=C(C)C.C=C(CC(C)CC(CC1CCCC1)C(C)CC)CC(CC(C)CC(=C)CC1C(C)CC(CC(=C)C23CCC4C5CCC6CC(CC7CC(C(C)CC8CCC9C(CCC%10C9CCC9C(C(C)CCCC(C)C)CCC9%10)C8)C(C)C(CC8CCC(C)C(C)C8C)C7CC7CC(C)C(C)C(C)C7C)CCC6C5CCC4C2CC(C)(C)CC3)C(CC2CCC(CC3CCCC(CC4CCCC4)C3)CC2)C1C)C(C)CC. The molecular formula is C146H254. The molecule has 0 aromatic carbocycles. The van der Waals surface area contributed by atoms with Crippen LogP contribution in [0.15, 0.2) is 48.6 Å². The standard InChI is InChI=1S/C142H246.C4H8/c1-26-93(9)119(68-89(5)66-90(6)70-120(94(10)27-2)79-109-38-30-31-39-109)69-91(7)67-92(8)71-135-99(15)74-122(137(106(135)22)83-111-45-43-110(44-46-111)77-113-41-33-40-112(78-113)76-108-36-28-29-37-108)75-100(16)142-63-62-133-131-55-51-118-81-115(48-53-126(118)129(131)60-61-134(133)140(142)87-141(24,25)64-65-142)82-123-86-136(107(23)138(84-116-49-42-95(11)101(17)104(116)20)139(123)85-121-73-97(13)102(18)103(19)105(121)21)98(14)72-114-47-52-125-117(80-114)50-54-130-128(125)59-58-127-124(56-57-132(127)130)96(12)35-32-34-88(3)4;1-4(2)3/h88,90-91,93-99,101-140H,5,8,16,26-87H2,1-4,6-7,9-15,17-25H3;1H2,2-3H3. The lowest BCUT2D eigenvalue weighted by Crippen LogP contribution is -2.55. The Morgan fingerprint density at radius 1 is 0.315 bits per heavy atom. The van der Waals surface area contributed by atoms with Crippen molar-refractivity contribution in [2.24, 2.45) is 307 Å². The fraction of sp³-hybridized carbons (Fsp3) is 0.945. The summed E-state index contributed by atoms with van der Waals surface area (Å²) in [6.07, 6.45) is 93.5. The van der Waals surface area contributed by atoms with Crippen molar-refractivity contribution in [1.82, 2.24) is 0 Å². The van der Waals surface area contributed by atoms with Gasteiger partial charge in [0.05, 0.1) is 0 Å². The first-order valence-electron chi connectivity index (χ1n) is 68.4. The van der Waals surface area contributed by atoms with Gasteiger partial charge in [-0.3, -0.25) is 0 Å². The summed E-state index contributed by atoms with van der Waals surface area (Å²) >= 11 is 0. The molecule has 0 heteroatoms. The van der Waals surface area contributed by atoms with Gasteiger partial charge in [0, 0.05) is 0 Å². The minimum Gasteiger partial charge on any atom is -0.100 e. The predicted molar refractivity (Wildman–Crippen MR) is 638 cm³/mol. The highest BCUT2D eigenvalue weighted by molar-refractivity contribution is 5.22. The molecule has 17 saturated carbocycles. The van der Waals surface area contributed by atoms with E-state index in [-0.39, 0.29) is 0 Å². The van der Waals surface area contributed by atoms with Crippen LogP contribution in [-0.4, -0.2) is 0 Å². The number of hydrogen-bond donors (Lipinski definition) is 0. The second-order valence-electron chi connectivity index (χ2n) is 64.4. The second-order valence-corrected chi connectivity index (χ2v) is 64.4. The molecule has 17 aliphatic carbocycles. The first-order chi connectivity index (χ1) is 69.8. The van der Waals surface area contributed by atoms with Crippen molar-refractivity contribution < 1.29 is 0 Å². The van der Waals surface area contributed by atoms with Crippen molar-refractivity contribution in [1.29, 1.82) is 0 Å². The lowest BCUT2D eigenvalue weighted by Gasteiger charge is -2.63. The van der Waals surface area contributed by atoms with Crippen molar-refractivity contribution >= 4 is 0 Å². The Balaban J connectivity index is 0.00000374. The first kappa shape index (κ1) is 117. The number of allylic oxidation sites excluding steroid dienone is 4. The van der Waals surface area contributed by atoms with Crippen molar-refractivity contribution in [2.75, 3.05) is 0 Å². The monoisotopic (exact) mass is 2010 g/mol. The van der Waals surface area contributed by atoms with Gasteiger partial charge in [0.15, 0.2) is 0 Å². The van der Waals surface area contributed by atoms with E-state index in [0.29, 0.717) is 16.7 Å². The lowest BCUT2D eigenvalue weighted by atomic mass is 9.41. The van der Waals surface area contributed by atoms with Gasteiger partial charge in [-0.25, -0.2) is 0 Å². The van der Waals surface area contributed by atoms with Gasteiger partial charge in [-0.2, -0.15) is 0 Å². The lowest BCUT2D eigenvalue weighted by molar-refractivity contribution is -0.120. The van der Waals surface area contributed by atoms with Gasteiger partial charge in [0.1, 0.15) is 0 Å². The highest BCUT2D eigenvalue weighted by atomic mass is 14.7. The van der Waals surface area contributed by atoms with Crippen LogP contribution in [0.4, 0.5) is 0 Å². The summed E-state index contributed by atoms with van der Waals surface area (Å²) in [5.74, 6) is 46.1. The van der Waals surface area contributed by atoms with E-state index in [1.54, 1.807) is 197 Å². The zero-order valence-electron chi connectivity index (χ0n) is 103. The van der Waals surface area contributed by atoms with Crippen LogP contribution in [0.25, 0.3) is 0 Å². The average Bonchev–Trinajstić information content (AvgIpc) is 0.765. The van der Waals surface area contributed by atoms with E-state index in [0.717, 1.165) is 290 Å². The van der Waals surface area contributed by atoms with Crippen molar-refractivity contribution in [3.05, 3.63) is 48.6 Å². The molecule has 0 heterocycles. The van der Waals surface area contributed by atoms with Crippen LogP contribution >= 0.6 is 0 Å². The molecule has 0 bridgehead atoms. The maximum absolute atomic E-state index is 5.70. The maximum atomic E-state index is 5.70. The van der Waals surface area contributed by atoms with Gasteiger partial charge in [-0.15, -0.1) is 6.58 Å².